The van der Waals surface area contributed by atoms with E-state index >= 15 is 0 Å². The van der Waals surface area contributed by atoms with Crippen LogP contribution in [0.25, 0.3) is 84.3 Å². The van der Waals surface area contributed by atoms with Crippen molar-refractivity contribution in [2.24, 2.45) is 0 Å². The van der Waals surface area contributed by atoms with E-state index in [0.717, 1.165) is 56.2 Å². The number of rotatable bonds is 7. The lowest BCUT2D eigenvalue weighted by atomic mass is 9.83. The van der Waals surface area contributed by atoms with Gasteiger partial charge in [-0.15, -0.1) is 0 Å². The molecule has 0 spiro atoms. The zero-order chi connectivity index (χ0) is 30.2. The maximum atomic E-state index is 6.25. The van der Waals surface area contributed by atoms with Gasteiger partial charge in [0.05, 0.1) is 0 Å². The molecule has 44 heavy (non-hydrogen) atoms. The summed E-state index contributed by atoms with van der Waals surface area (Å²) >= 11 is 0. The summed E-state index contributed by atoms with van der Waals surface area (Å²) in [5, 5.41) is 4.70. The van der Waals surface area contributed by atoms with Gasteiger partial charge in [-0.25, -0.2) is 0 Å². The van der Waals surface area contributed by atoms with Crippen molar-refractivity contribution in [3.63, 3.8) is 0 Å². The van der Waals surface area contributed by atoms with Crippen LogP contribution in [0.5, 0.6) is 0 Å². The number of furan rings is 1. The summed E-state index contributed by atoms with van der Waals surface area (Å²) in [7, 11) is 0. The Hall–Kier alpha value is -5.40. The van der Waals surface area contributed by atoms with Crippen molar-refractivity contribution in [1.82, 2.24) is 0 Å². The van der Waals surface area contributed by atoms with Crippen LogP contribution in [0, 0.1) is 6.92 Å². The number of allylic oxidation sites excluding steroid dienone is 1. The maximum Gasteiger partial charge on any atom is 0.135 e. The summed E-state index contributed by atoms with van der Waals surface area (Å²) in [6, 6.07) is 39.0. The third kappa shape index (κ3) is 4.58. The summed E-state index contributed by atoms with van der Waals surface area (Å²) < 4.78 is 6.25. The second kappa shape index (κ2) is 11.4. The van der Waals surface area contributed by atoms with Gasteiger partial charge in [-0.2, -0.15) is 0 Å². The van der Waals surface area contributed by atoms with Crippen LogP contribution in [0.15, 0.2) is 133 Å². The van der Waals surface area contributed by atoms with Crippen molar-refractivity contribution >= 4 is 50.9 Å². The van der Waals surface area contributed by atoms with Gasteiger partial charge in [0.2, 0.25) is 0 Å². The zero-order valence-electron chi connectivity index (χ0n) is 25.2. The Morgan fingerprint density at radius 1 is 0.568 bits per heavy atom. The van der Waals surface area contributed by atoms with Crippen LogP contribution in [-0.2, 0) is 0 Å². The summed E-state index contributed by atoms with van der Waals surface area (Å²) in [6.45, 7) is 12.8. The van der Waals surface area contributed by atoms with Crippen molar-refractivity contribution in [2.45, 2.75) is 20.3 Å². The highest BCUT2D eigenvalue weighted by Gasteiger charge is 2.19. The van der Waals surface area contributed by atoms with Gasteiger partial charge >= 0.3 is 0 Å². The van der Waals surface area contributed by atoms with Crippen LogP contribution >= 0.6 is 0 Å². The Morgan fingerprint density at radius 2 is 1.14 bits per heavy atom. The van der Waals surface area contributed by atoms with Crippen molar-refractivity contribution < 1.29 is 4.42 Å². The zero-order valence-corrected chi connectivity index (χ0v) is 25.2. The van der Waals surface area contributed by atoms with Gasteiger partial charge in [0.1, 0.15) is 11.2 Å². The molecule has 1 aromatic heterocycles. The predicted molar refractivity (Wildman–Crippen MR) is 192 cm³/mol. The van der Waals surface area contributed by atoms with E-state index in [2.05, 4.69) is 148 Å². The number of aryl methyl sites for hydroxylation is 1. The number of hydrogen-bond donors (Lipinski definition) is 0. The summed E-state index contributed by atoms with van der Waals surface area (Å²) in [4.78, 5) is 0. The lowest BCUT2D eigenvalue weighted by molar-refractivity contribution is 0.668. The average molecular weight is 567 g/mol. The van der Waals surface area contributed by atoms with Gasteiger partial charge in [-0.3, -0.25) is 0 Å². The Kier molecular flexibility index (Phi) is 7.08. The quantitative estimate of drug-likeness (QED) is 0.187. The van der Waals surface area contributed by atoms with Gasteiger partial charge in [-0.05, 0) is 104 Å². The number of hydrogen-bond acceptors (Lipinski definition) is 1. The molecule has 0 atom stereocenters. The Labute approximate surface area is 259 Å². The largest absolute Gasteiger partial charge is 0.456 e. The van der Waals surface area contributed by atoms with Crippen molar-refractivity contribution in [1.29, 1.82) is 0 Å². The van der Waals surface area contributed by atoms with Crippen LogP contribution in [-0.4, -0.2) is 0 Å². The molecule has 0 aliphatic heterocycles. The van der Waals surface area contributed by atoms with E-state index in [1.165, 1.54) is 38.6 Å². The minimum atomic E-state index is 0.911. The van der Waals surface area contributed by atoms with E-state index in [1.807, 2.05) is 12.2 Å². The van der Waals surface area contributed by atoms with Crippen LogP contribution in [0.2, 0.25) is 0 Å². The SMILES string of the molecule is C=Cc1c(C=C)c(-c2ccc(-c3ccc4oc5cc(C)c(/C=C\CC)cc5c4c3)cc2)c2ccccc2c1-c1ccccc1. The molecule has 0 aliphatic rings. The Balaban J connectivity index is 1.36. The molecule has 0 unspecified atom stereocenters. The molecule has 0 saturated carbocycles. The average Bonchev–Trinajstić information content (AvgIpc) is 3.42. The van der Waals surface area contributed by atoms with E-state index in [1.54, 1.807) is 0 Å². The fraction of sp³-hybridized carbons (Fsp3) is 0.0698. The molecule has 0 radical (unpaired) electrons. The normalized spacial score (nSPS) is 11.6. The number of fused-ring (bicyclic) bond motifs is 4. The molecule has 0 aliphatic carbocycles. The lowest BCUT2D eigenvalue weighted by Gasteiger charge is -2.20. The highest BCUT2D eigenvalue weighted by atomic mass is 16.3. The second-order valence-corrected chi connectivity index (χ2v) is 11.3. The molecule has 212 valence electrons. The molecule has 0 saturated heterocycles. The van der Waals surface area contributed by atoms with Crippen LogP contribution in [0.4, 0.5) is 0 Å². The molecule has 7 aromatic rings. The van der Waals surface area contributed by atoms with E-state index in [9.17, 15) is 0 Å². The van der Waals surface area contributed by atoms with Gasteiger partial charge in [0.25, 0.3) is 0 Å². The van der Waals surface area contributed by atoms with Crippen LogP contribution in [0.1, 0.15) is 35.6 Å². The summed E-state index contributed by atoms with van der Waals surface area (Å²) in [6.07, 6.45) is 9.38. The molecule has 7 rings (SSSR count). The molecule has 6 aromatic carbocycles. The topological polar surface area (TPSA) is 13.1 Å². The fourth-order valence-electron chi connectivity index (χ4n) is 6.50. The highest BCUT2D eigenvalue weighted by Crippen LogP contribution is 2.43. The van der Waals surface area contributed by atoms with E-state index in [4.69, 9.17) is 4.42 Å². The van der Waals surface area contributed by atoms with Crippen LogP contribution in [0.3, 0.4) is 0 Å². The van der Waals surface area contributed by atoms with Crippen molar-refractivity contribution in [3.8, 4) is 33.4 Å². The lowest BCUT2D eigenvalue weighted by Crippen LogP contribution is -1.96. The molecule has 1 nitrogen and oxygen atoms in total. The van der Waals surface area contributed by atoms with Crippen molar-refractivity contribution in [2.75, 3.05) is 0 Å². The van der Waals surface area contributed by atoms with Gasteiger partial charge in [0.15, 0.2) is 0 Å². The third-order valence-electron chi connectivity index (χ3n) is 8.66. The molecular weight excluding hydrogens is 532 g/mol. The summed E-state index contributed by atoms with van der Waals surface area (Å²) in [5.74, 6) is 0. The molecule has 0 N–H and O–H groups in total. The molecule has 1 heteroatoms. The molecule has 1 heterocycles. The van der Waals surface area contributed by atoms with Gasteiger partial charge < -0.3 is 4.42 Å². The van der Waals surface area contributed by atoms with Crippen molar-refractivity contribution in [3.05, 3.63) is 151 Å². The minimum absolute atomic E-state index is 0.911. The first kappa shape index (κ1) is 27.4. The Bertz CT molecular complexity index is 2220. The maximum absolute atomic E-state index is 6.25. The predicted octanol–water partition coefficient (Wildman–Crippen LogP) is 12.8. The fourth-order valence-corrected chi connectivity index (χ4v) is 6.50. The third-order valence-corrected chi connectivity index (χ3v) is 8.66. The first-order valence-corrected chi connectivity index (χ1v) is 15.2. The van der Waals surface area contributed by atoms with Crippen LogP contribution < -0.4 is 0 Å². The van der Waals surface area contributed by atoms with E-state index in [0.29, 0.717) is 0 Å². The molecule has 0 fully saturated rings. The number of benzene rings is 6. The highest BCUT2D eigenvalue weighted by molar-refractivity contribution is 6.12. The first-order valence-electron chi connectivity index (χ1n) is 15.2. The van der Waals surface area contributed by atoms with Gasteiger partial charge in [0, 0.05) is 10.8 Å². The molecular formula is C43H34O. The second-order valence-electron chi connectivity index (χ2n) is 11.3. The van der Waals surface area contributed by atoms with E-state index in [-0.39, 0.29) is 0 Å². The standard InChI is InChI=1S/C43H34O/c1-5-8-14-32-26-39-38-27-33(23-24-40(38)44-41(39)25-28(32)4)29-19-21-31(22-20-29)43-35(7-3)34(6-2)42(30-15-10-9-11-16-30)36-17-12-13-18-37(36)43/h6-27H,2-3,5H2,1,4H3/b14-8-. The molecule has 0 bridgehead atoms. The minimum Gasteiger partial charge on any atom is -0.456 e. The smallest absolute Gasteiger partial charge is 0.135 e. The molecule has 0 amide bonds. The Morgan fingerprint density at radius 3 is 1.77 bits per heavy atom. The van der Waals surface area contributed by atoms with E-state index < -0.39 is 0 Å². The first-order chi connectivity index (χ1) is 21.6. The van der Waals surface area contributed by atoms with Gasteiger partial charge in [-0.1, -0.05) is 129 Å². The monoisotopic (exact) mass is 566 g/mol. The summed E-state index contributed by atoms with van der Waals surface area (Å²) in [5.41, 5.74) is 13.5.